The first-order valence-electron chi connectivity index (χ1n) is 15.4. The fourth-order valence-corrected chi connectivity index (χ4v) is 8.76. The second-order valence-electron chi connectivity index (χ2n) is 14.0. The number of pyridine rings is 3. The van der Waals surface area contributed by atoms with E-state index in [-0.39, 0.29) is 25.5 Å². The first-order chi connectivity index (χ1) is 20.8. The molecule has 6 aromatic rings. The van der Waals surface area contributed by atoms with Gasteiger partial charge in [-0.15, -0.1) is 18.2 Å². The van der Waals surface area contributed by atoms with Gasteiger partial charge in [0.15, 0.2) is 0 Å². The average molecular weight is 835 g/mol. The van der Waals surface area contributed by atoms with Crippen LogP contribution in [0.5, 0.6) is 0 Å². The average Bonchev–Trinajstić information content (AvgIpc) is 3.34. The number of hydrogen-bond acceptors (Lipinski definition) is 4. The monoisotopic (exact) mass is 836 g/mol. The summed E-state index contributed by atoms with van der Waals surface area (Å²) in [5, 5.41) is 2.07. The summed E-state index contributed by atoms with van der Waals surface area (Å²) in [6.07, 6.45) is 5.06. The van der Waals surface area contributed by atoms with Crippen molar-refractivity contribution >= 4 is 39.7 Å². The summed E-state index contributed by atoms with van der Waals surface area (Å²) < 4.78 is 7.48. The third-order valence-electron chi connectivity index (χ3n) is 7.73. The zero-order valence-electron chi connectivity index (χ0n) is 27.9. The van der Waals surface area contributed by atoms with Crippen LogP contribution in [-0.4, -0.2) is 28.2 Å². The van der Waals surface area contributed by atoms with Crippen molar-refractivity contribution in [3.8, 4) is 22.5 Å². The van der Waals surface area contributed by atoms with Crippen LogP contribution in [0.15, 0.2) is 83.5 Å². The largest absolute Gasteiger partial charge is 0.486 e. The molecule has 0 N–H and O–H groups in total. The number of hydrogen-bond donors (Lipinski definition) is 0. The number of aryl methyl sites for hydroxylation is 1. The molecule has 1 radical (unpaired) electrons. The predicted octanol–water partition coefficient (Wildman–Crippen LogP) is 9.74. The van der Waals surface area contributed by atoms with E-state index in [0.717, 1.165) is 51.0 Å². The Hall–Kier alpha value is -3.12. The molecule has 0 saturated heterocycles. The van der Waals surface area contributed by atoms with E-state index in [2.05, 4.69) is 98.4 Å². The van der Waals surface area contributed by atoms with Crippen LogP contribution >= 0.6 is 0 Å². The fourth-order valence-electron chi connectivity index (χ4n) is 5.42. The van der Waals surface area contributed by atoms with Gasteiger partial charge in [0.05, 0.1) is 5.58 Å². The van der Waals surface area contributed by atoms with E-state index < -0.39 is 13.3 Å². The van der Waals surface area contributed by atoms with Gasteiger partial charge >= 0.3 is 151 Å². The first-order valence-corrected chi connectivity index (χ1v) is 22.8. The van der Waals surface area contributed by atoms with Crippen LogP contribution < -0.4 is 4.40 Å². The summed E-state index contributed by atoms with van der Waals surface area (Å²) in [6.45, 7) is 13.3. The van der Waals surface area contributed by atoms with Crippen molar-refractivity contribution in [1.82, 2.24) is 15.0 Å². The molecule has 4 nitrogen and oxygen atoms in total. The Morgan fingerprint density at radius 2 is 1.62 bits per heavy atom. The molecule has 0 aliphatic carbocycles. The van der Waals surface area contributed by atoms with Gasteiger partial charge in [-0.2, -0.15) is 0 Å². The maximum atomic E-state index is 5.94. The molecule has 0 aliphatic heterocycles. The molecule has 0 fully saturated rings. The first kappa shape index (κ1) is 34.7. The summed E-state index contributed by atoms with van der Waals surface area (Å²) >= 11 is -1.91. The molecule has 0 spiro atoms. The van der Waals surface area contributed by atoms with E-state index >= 15 is 0 Å². The number of furan rings is 1. The minimum absolute atomic E-state index is 0. The molecule has 45 heavy (non-hydrogen) atoms. The third kappa shape index (κ3) is 8.19. The van der Waals surface area contributed by atoms with Crippen LogP contribution in [0.4, 0.5) is 0 Å². The molecule has 0 aliphatic rings. The number of nitrogens with zero attached hydrogens (tertiary/aromatic N) is 3. The summed E-state index contributed by atoms with van der Waals surface area (Å²) in [5.41, 5.74) is 9.28. The van der Waals surface area contributed by atoms with E-state index in [1.165, 1.54) is 11.1 Å². The zero-order chi connectivity index (χ0) is 31.6. The molecule has 0 unspecified atom stereocenters. The smallest absolute Gasteiger partial charge is 0.216 e. The Morgan fingerprint density at radius 3 is 2.29 bits per heavy atom. The van der Waals surface area contributed by atoms with Crippen molar-refractivity contribution in [1.29, 1.82) is 0 Å². The van der Waals surface area contributed by atoms with Crippen molar-refractivity contribution in [2.75, 3.05) is 0 Å². The Morgan fingerprint density at radius 1 is 0.867 bits per heavy atom. The van der Waals surface area contributed by atoms with Crippen molar-refractivity contribution in [3.63, 3.8) is 0 Å². The van der Waals surface area contributed by atoms with Gasteiger partial charge in [-0.25, -0.2) is 4.98 Å². The van der Waals surface area contributed by atoms with Gasteiger partial charge in [-0.05, 0) is 30.8 Å². The van der Waals surface area contributed by atoms with Gasteiger partial charge in [-0.3, -0.25) is 0 Å². The standard InChI is InChI=1S/C22H32GeN.C17H11N2O.Ir/c1-16(2)12-18-14-21(24-15-20(18)23(6,7)8)17-10-9-11-19(13-17)22(3,4)5;1-11-8-9-13-12-5-4-6-14(15-7-2-3-10-18-15)16(12)20-17(13)19-11;/h9,11,13-16H,12H2,1-8H3;2-5,7-10H,1H3;/q2*-1;. The summed E-state index contributed by atoms with van der Waals surface area (Å²) in [5.74, 6) is 8.01. The predicted molar refractivity (Wildman–Crippen MR) is 187 cm³/mol. The number of benzene rings is 2. The van der Waals surface area contributed by atoms with Gasteiger partial charge in [0.1, 0.15) is 0 Å². The molecular formula is C39H43GeIrN3O-2. The van der Waals surface area contributed by atoms with E-state index in [0.29, 0.717) is 11.6 Å². The Balaban J connectivity index is 0.000000203. The molecule has 6 heteroatoms. The van der Waals surface area contributed by atoms with Gasteiger partial charge in [-0.1, -0.05) is 23.1 Å². The van der Waals surface area contributed by atoms with Crippen LogP contribution in [0, 0.1) is 25.0 Å². The molecule has 0 atom stereocenters. The number of aromatic nitrogens is 3. The second-order valence-corrected chi connectivity index (χ2v) is 24.6. The Kier molecular flexibility index (Phi) is 10.9. The summed E-state index contributed by atoms with van der Waals surface area (Å²) in [4.78, 5) is 13.6. The fraction of sp³-hybridized carbons (Fsp3) is 0.308. The van der Waals surface area contributed by atoms with Gasteiger partial charge < -0.3 is 9.40 Å². The molecule has 0 saturated carbocycles. The Bertz CT molecular complexity index is 1900. The minimum Gasteiger partial charge on any atom is -0.486 e. The third-order valence-corrected chi connectivity index (χ3v) is 12.1. The SMILES string of the molecule is CC(C)Cc1cc(-c2[c-]ccc(C(C)(C)C)c2)nc[c]1[Ge]([CH3])([CH3])[CH3].Cc1ccc2c(n1)oc1c(-c3ccccn3)[c-]ccc12.[Ir]. The zero-order valence-corrected chi connectivity index (χ0v) is 32.4. The van der Waals surface area contributed by atoms with Crippen LogP contribution in [0.2, 0.25) is 17.3 Å². The van der Waals surface area contributed by atoms with Crippen LogP contribution in [0.3, 0.4) is 0 Å². The van der Waals surface area contributed by atoms with Gasteiger partial charge in [0.25, 0.3) is 0 Å². The van der Waals surface area contributed by atoms with E-state index in [1.54, 1.807) is 10.6 Å². The van der Waals surface area contributed by atoms with Crippen molar-refractivity contribution < 1.29 is 24.5 Å². The summed E-state index contributed by atoms with van der Waals surface area (Å²) in [7, 11) is 0. The van der Waals surface area contributed by atoms with Gasteiger partial charge in [0.2, 0.25) is 5.71 Å². The molecule has 4 aromatic heterocycles. The van der Waals surface area contributed by atoms with Crippen molar-refractivity contribution in [2.24, 2.45) is 5.92 Å². The molecule has 0 amide bonds. The van der Waals surface area contributed by atoms with E-state index in [9.17, 15) is 0 Å². The maximum Gasteiger partial charge on any atom is 0.216 e. The Labute approximate surface area is 284 Å². The van der Waals surface area contributed by atoms with Crippen molar-refractivity contribution in [3.05, 3.63) is 108 Å². The molecule has 235 valence electrons. The van der Waals surface area contributed by atoms with E-state index in [1.807, 2.05) is 55.5 Å². The quantitative estimate of drug-likeness (QED) is 0.128. The molecule has 2 aromatic carbocycles. The second kappa shape index (κ2) is 14.1. The normalized spacial score (nSPS) is 11.8. The van der Waals surface area contributed by atoms with Crippen LogP contribution in [0.1, 0.15) is 51.4 Å². The van der Waals surface area contributed by atoms with Crippen molar-refractivity contribution in [2.45, 2.75) is 70.6 Å². The number of fused-ring (bicyclic) bond motifs is 3. The van der Waals surface area contributed by atoms with Crippen LogP contribution in [0.25, 0.3) is 44.6 Å². The summed E-state index contributed by atoms with van der Waals surface area (Å²) in [6, 6.07) is 29.1. The topological polar surface area (TPSA) is 51.8 Å². The number of rotatable bonds is 5. The molecule has 4 heterocycles. The molecule has 6 rings (SSSR count). The maximum absolute atomic E-state index is 5.94. The van der Waals surface area contributed by atoms with Crippen LogP contribution in [-0.2, 0) is 31.9 Å². The van der Waals surface area contributed by atoms with E-state index in [4.69, 9.17) is 9.40 Å². The molecule has 0 bridgehead atoms. The molecular weight excluding hydrogens is 791 g/mol. The minimum atomic E-state index is -1.91. The van der Waals surface area contributed by atoms with Gasteiger partial charge in [0, 0.05) is 37.4 Å².